The first-order valence-corrected chi connectivity index (χ1v) is 0. The molecule has 4 heavy (non-hydrogen) atoms. The van der Waals surface area contributed by atoms with E-state index in [1.807, 2.05) is 0 Å². The van der Waals surface area contributed by atoms with Gasteiger partial charge in [-0.3, -0.25) is 0 Å². The van der Waals surface area contributed by atoms with Crippen molar-refractivity contribution in [1.29, 1.82) is 0 Å². The molecule has 0 rings (SSSR count). The van der Waals surface area contributed by atoms with Gasteiger partial charge in [0.15, 0.2) is 0 Å². The molecule has 0 aliphatic rings. The Balaban J connectivity index is 0. The first-order chi connectivity index (χ1) is 0. The predicted molar refractivity (Wildman–Crippen MR) is 3.61 cm³/mol. The van der Waals surface area contributed by atoms with Crippen molar-refractivity contribution < 1.29 is 60.1 Å². The summed E-state index contributed by atoms with van der Waals surface area (Å²) in [5.41, 5.74) is 0. The number of rotatable bonds is 0. The van der Waals surface area contributed by atoms with E-state index < -0.39 is 0 Å². The maximum atomic E-state index is 0. The molecule has 0 atom stereocenters. The Morgan fingerprint density at radius 1 is 1.00 bits per heavy atom. The molecule has 0 aromatic rings. The molecule has 0 saturated carbocycles. The van der Waals surface area contributed by atoms with Crippen molar-refractivity contribution in [3.8, 4) is 0 Å². The average Bonchev–Trinajstić information content (AvgIpc) is 0. The molecule has 0 bridgehead atoms. The third-order valence-corrected chi connectivity index (χ3v) is 0. The van der Waals surface area contributed by atoms with E-state index in [4.69, 9.17) is 0 Å². The Morgan fingerprint density at radius 2 is 1.00 bits per heavy atom. The summed E-state index contributed by atoms with van der Waals surface area (Å²) >= 11 is 0. The molecule has 0 spiro atoms. The molecule has 31 valence electrons. The van der Waals surface area contributed by atoms with Gasteiger partial charge in [0.25, 0.3) is 0 Å². The van der Waals surface area contributed by atoms with Gasteiger partial charge in [-0.15, -0.1) is 0 Å². The molecule has 0 amide bonds. The van der Waals surface area contributed by atoms with Crippen LogP contribution in [0.5, 0.6) is 0 Å². The van der Waals surface area contributed by atoms with Gasteiger partial charge in [0.05, 0.1) is 0 Å². The number of hydrogen-bond donors (Lipinski definition) is 0. The molecule has 0 saturated heterocycles. The maximum absolute atomic E-state index is 0. The Labute approximate surface area is 59.9 Å². The van der Waals surface area contributed by atoms with Crippen molar-refractivity contribution in [2.45, 2.75) is 0 Å². The van der Waals surface area contributed by atoms with Crippen molar-refractivity contribution in [1.82, 2.24) is 0 Å². The first-order valence-electron chi connectivity index (χ1n) is 0. The van der Waals surface area contributed by atoms with Gasteiger partial charge >= 0.3 is 0 Å². The Morgan fingerprint density at radius 3 is 1.00 bits per heavy atom. The van der Waals surface area contributed by atoms with Crippen LogP contribution in [0.4, 0.5) is 0 Å². The van der Waals surface area contributed by atoms with Gasteiger partial charge in [-0.05, 0) is 0 Å². The summed E-state index contributed by atoms with van der Waals surface area (Å²) in [6, 6.07) is 0. The summed E-state index contributed by atoms with van der Waals surface area (Å²) in [4.78, 5) is 0. The van der Waals surface area contributed by atoms with Crippen LogP contribution in [0, 0.1) is 0 Å². The van der Waals surface area contributed by atoms with Crippen LogP contribution >= 0.6 is 0 Å². The van der Waals surface area contributed by atoms with Gasteiger partial charge in [0.2, 0.25) is 0 Å². The van der Waals surface area contributed by atoms with Crippen LogP contribution in [0.15, 0.2) is 0 Å². The molecule has 4 heteroatoms. The fourth-order valence-electron chi connectivity index (χ4n) is 0. The van der Waals surface area contributed by atoms with E-state index in [-0.39, 0.29) is 60.1 Å². The van der Waals surface area contributed by atoms with Crippen LogP contribution in [0.2, 0.25) is 0 Å². The summed E-state index contributed by atoms with van der Waals surface area (Å²) in [5, 5.41) is 0. The van der Waals surface area contributed by atoms with Crippen molar-refractivity contribution in [2.75, 3.05) is 0 Å². The average molecular weight is 228 g/mol. The van der Waals surface area contributed by atoms with Crippen LogP contribution in [-0.4, -0.2) is 5.48 Å². The van der Waals surface area contributed by atoms with E-state index in [1.165, 1.54) is 0 Å². The fourth-order valence-corrected chi connectivity index (χ4v) is 0. The van der Waals surface area contributed by atoms with Crippen molar-refractivity contribution in [3.63, 3.8) is 0 Å². The molecule has 1 radical (unpaired) electrons. The van der Waals surface area contributed by atoms with E-state index in [1.54, 1.807) is 0 Å². The molecule has 0 aromatic carbocycles. The maximum Gasteiger partial charge on any atom is 0 e. The summed E-state index contributed by atoms with van der Waals surface area (Å²) < 4.78 is 0. The van der Waals surface area contributed by atoms with Crippen LogP contribution in [0.1, 0.15) is 0 Å². The predicted octanol–water partition coefficient (Wildman–Crippen LogP) is -0.832. The minimum Gasteiger partial charge on any atom is -0.412 e. The molecule has 0 aromatic heterocycles. The summed E-state index contributed by atoms with van der Waals surface area (Å²) in [6.07, 6.45) is 0. The van der Waals surface area contributed by atoms with Gasteiger partial charge in [-0.1, -0.05) is 0 Å². The van der Waals surface area contributed by atoms with Crippen LogP contribution < -0.4 is 0 Å². The second-order valence-corrected chi connectivity index (χ2v) is 0. The van der Waals surface area contributed by atoms with Crippen LogP contribution in [-0.2, 0) is 54.6 Å². The van der Waals surface area contributed by atoms with Crippen molar-refractivity contribution in [3.05, 3.63) is 0 Å². The molecular weight excluding hydrogens is 226 g/mol. The summed E-state index contributed by atoms with van der Waals surface area (Å²) in [7, 11) is 0. The van der Waals surface area contributed by atoms with Crippen molar-refractivity contribution in [2.24, 2.45) is 0 Å². The van der Waals surface area contributed by atoms with Gasteiger partial charge in [-0.2, -0.15) is 0 Å². The molecule has 0 aliphatic heterocycles. The summed E-state index contributed by atoms with van der Waals surface area (Å²) in [6.45, 7) is 0. The molecule has 0 unspecified atom stereocenters. The molecule has 1 nitrogen and oxygen atoms in total. The van der Waals surface area contributed by atoms with E-state index in [2.05, 4.69) is 0 Å². The molecule has 0 fully saturated rings. The third kappa shape index (κ3) is 9.40. The van der Waals surface area contributed by atoms with E-state index >= 15 is 0 Å². The smallest absolute Gasteiger partial charge is 0 e. The molecular formula is H2MnMoNiO. The molecule has 0 heterocycles. The van der Waals surface area contributed by atoms with Crippen LogP contribution in [0.25, 0.3) is 0 Å². The topological polar surface area (TPSA) is 31.5 Å². The zero-order valence-corrected chi connectivity index (χ0v) is 5.78. The monoisotopic (exact) mass is 229 g/mol. The Kier molecular flexibility index (Phi) is 252. The molecule has 0 aliphatic carbocycles. The van der Waals surface area contributed by atoms with E-state index in [0.717, 1.165) is 0 Å². The zero-order chi connectivity index (χ0) is 0. The Hall–Kier alpha value is 1.66. The van der Waals surface area contributed by atoms with Gasteiger partial charge < -0.3 is 5.48 Å². The first kappa shape index (κ1) is 44.6. The third-order valence-electron chi connectivity index (χ3n) is 0. The Bertz CT molecular complexity index is 8.00. The van der Waals surface area contributed by atoms with Gasteiger partial charge in [-0.25, -0.2) is 0 Å². The minimum absolute atomic E-state index is 0. The fraction of sp³-hybridized carbons (Fsp3) is 0. The number of hydrogen-bond acceptors (Lipinski definition) is 0. The quantitative estimate of drug-likeness (QED) is 0.484. The van der Waals surface area contributed by atoms with E-state index in [9.17, 15) is 0 Å². The zero-order valence-electron chi connectivity index (χ0n) is 1.60. The second kappa shape index (κ2) is 22.6. The summed E-state index contributed by atoms with van der Waals surface area (Å²) in [5.74, 6) is 0. The largest absolute Gasteiger partial charge is 0.412 e. The second-order valence-electron chi connectivity index (χ2n) is 0. The van der Waals surface area contributed by atoms with Crippen LogP contribution in [0.3, 0.4) is 0 Å². The van der Waals surface area contributed by atoms with Gasteiger partial charge in [0.1, 0.15) is 0 Å². The minimum atomic E-state index is 0. The molecule has 2 N–H and O–H groups in total. The van der Waals surface area contributed by atoms with Gasteiger partial charge in [0, 0.05) is 54.6 Å². The SMILES string of the molecule is O.[Mn].[Mo].[Ni]. The van der Waals surface area contributed by atoms with Crippen molar-refractivity contribution >= 4 is 0 Å². The standard InChI is InChI=1S/Mn.Mo.Ni.H2O/h;;;1H2. The van der Waals surface area contributed by atoms with E-state index in [0.29, 0.717) is 0 Å². The normalized spacial score (nSPS) is 0.